The summed E-state index contributed by atoms with van der Waals surface area (Å²) < 4.78 is 70.0. The Morgan fingerprint density at radius 3 is 1.14 bits per heavy atom. The summed E-state index contributed by atoms with van der Waals surface area (Å²) in [5, 5.41) is 28.5. The van der Waals surface area contributed by atoms with Gasteiger partial charge in [0.2, 0.25) is 0 Å². The van der Waals surface area contributed by atoms with Crippen LogP contribution in [0.15, 0.2) is 231 Å². The molecule has 10 rings (SSSR count). The van der Waals surface area contributed by atoms with E-state index in [9.17, 15) is 20.2 Å². The minimum Gasteiger partial charge on any atom is -0.374 e. The summed E-state index contributed by atoms with van der Waals surface area (Å²) in [5.74, 6) is 0. The molecule has 0 spiro atoms. The van der Waals surface area contributed by atoms with Gasteiger partial charge in [0, 0.05) is 6.07 Å². The molecule has 434 valence electrons. The lowest BCUT2D eigenvalue weighted by Gasteiger charge is -2.50. The van der Waals surface area contributed by atoms with Crippen molar-refractivity contribution in [1.82, 2.24) is 0 Å². The Kier molecular flexibility index (Phi) is 21.5. The second-order valence-electron chi connectivity index (χ2n) is 20.4. The largest absolute Gasteiger partial charge is 0.374 e. The zero-order valence-corrected chi connectivity index (χ0v) is 46.2. The second-order valence-corrected chi connectivity index (χ2v) is 20.4. The third-order valence-electron chi connectivity index (χ3n) is 14.4. The molecule has 0 aliphatic carbocycles. The third-order valence-corrected chi connectivity index (χ3v) is 14.4. The van der Waals surface area contributed by atoms with E-state index in [0.29, 0.717) is 0 Å². The number of non-ortho nitro benzene ring substituents is 1. The smallest absolute Gasteiger partial charge is 0.299 e. The van der Waals surface area contributed by atoms with E-state index in [4.69, 9.17) is 47.4 Å². The Hall–Kier alpha value is -8.04. The highest BCUT2D eigenvalue weighted by molar-refractivity contribution is 5.66. The maximum atomic E-state index is 13.0. The number of anilines is 1. The molecular formula is C67H67N3O14. The van der Waals surface area contributed by atoms with Crippen molar-refractivity contribution in [2.45, 2.75) is 108 Å². The molecule has 2 aliphatic rings. The highest BCUT2D eigenvalue weighted by atomic mass is 16.8. The molecule has 0 saturated carbocycles. The van der Waals surface area contributed by atoms with Crippen molar-refractivity contribution >= 4 is 17.1 Å². The molecule has 2 fully saturated rings. The Balaban J connectivity index is 1.10. The van der Waals surface area contributed by atoms with Gasteiger partial charge in [0.1, 0.15) is 54.5 Å². The van der Waals surface area contributed by atoms with Crippen LogP contribution in [-0.2, 0) is 93.6 Å². The summed E-state index contributed by atoms with van der Waals surface area (Å²) in [6.07, 6.45) is -9.46. The van der Waals surface area contributed by atoms with Crippen molar-refractivity contribution in [3.05, 3.63) is 290 Å². The van der Waals surface area contributed by atoms with Crippen LogP contribution in [0, 0.1) is 20.2 Å². The molecule has 0 aromatic heterocycles. The van der Waals surface area contributed by atoms with Crippen LogP contribution in [0.4, 0.5) is 17.1 Å². The highest BCUT2D eigenvalue weighted by Crippen LogP contribution is 2.39. The normalized spacial score (nSPS) is 22.2. The number of nitrogens with zero attached hydrogens (tertiary/aromatic N) is 2. The van der Waals surface area contributed by atoms with Gasteiger partial charge in [0.05, 0.1) is 75.4 Å². The number of hydrogen-bond acceptors (Lipinski definition) is 15. The van der Waals surface area contributed by atoms with Crippen LogP contribution in [-0.4, -0.2) is 84.4 Å². The zero-order valence-electron chi connectivity index (χ0n) is 46.2. The molecule has 8 aromatic rings. The molecule has 10 atom stereocenters. The predicted octanol–water partition coefficient (Wildman–Crippen LogP) is 12.1. The van der Waals surface area contributed by atoms with Crippen LogP contribution >= 0.6 is 0 Å². The van der Waals surface area contributed by atoms with E-state index in [-0.39, 0.29) is 65.1 Å². The molecule has 17 nitrogen and oxygen atoms in total. The van der Waals surface area contributed by atoms with Crippen molar-refractivity contribution in [2.24, 2.45) is 0 Å². The molecule has 2 aliphatic heterocycles. The summed E-state index contributed by atoms with van der Waals surface area (Å²) in [6.45, 7) is 0.949. The van der Waals surface area contributed by atoms with Gasteiger partial charge < -0.3 is 52.7 Å². The standard InChI is InChI=1S/C67H67N3O14/c71-69(72)55-36-37-56(57(38-55)70(73)74)68-60-63(78-42-51-28-14-4-15-29-51)61(77-41-50-26-12-3-13-27-50)58(46-75-39-48-22-8-1-9-23-48)82-66(60)84-62-59(47-76-40-49-24-10-2-11-25-49)83-67(81-45-54-34-20-7-21-35-54)65(80-44-53-32-18-6-19-33-53)64(62)79-43-52-30-16-5-17-31-52/h1-38,58-68H,39-47H2/t58-,59-,60-,61-,62-,63-,64+,65-,66+,67-/m1/s1. The lowest BCUT2D eigenvalue weighted by atomic mass is 9.94. The Morgan fingerprint density at radius 2 is 0.726 bits per heavy atom. The maximum absolute atomic E-state index is 13.0. The second kappa shape index (κ2) is 30.5. The Bertz CT molecular complexity index is 3230. The van der Waals surface area contributed by atoms with Crippen LogP contribution in [0.5, 0.6) is 0 Å². The first kappa shape index (κ1) is 59.1. The van der Waals surface area contributed by atoms with Crippen LogP contribution in [0.2, 0.25) is 0 Å². The van der Waals surface area contributed by atoms with Gasteiger partial charge in [-0.25, -0.2) is 0 Å². The maximum Gasteiger partial charge on any atom is 0.299 e. The lowest BCUT2D eigenvalue weighted by Crippen LogP contribution is -2.67. The Labute approximate surface area is 488 Å². The quantitative estimate of drug-likeness (QED) is 0.0344. The average Bonchev–Trinajstić information content (AvgIpc) is 1.74. The van der Waals surface area contributed by atoms with Crippen molar-refractivity contribution in [1.29, 1.82) is 0 Å². The molecule has 17 heteroatoms. The van der Waals surface area contributed by atoms with E-state index < -0.39 is 82.6 Å². The van der Waals surface area contributed by atoms with Crippen molar-refractivity contribution in [2.75, 3.05) is 18.5 Å². The molecule has 0 radical (unpaired) electrons. The average molecular weight is 1140 g/mol. The van der Waals surface area contributed by atoms with Gasteiger partial charge in [0.25, 0.3) is 11.4 Å². The molecule has 0 unspecified atom stereocenters. The number of ether oxygens (including phenoxy) is 10. The zero-order chi connectivity index (χ0) is 57.7. The topological polar surface area (TPSA) is 191 Å². The number of hydrogen-bond donors (Lipinski definition) is 1. The monoisotopic (exact) mass is 1140 g/mol. The van der Waals surface area contributed by atoms with Crippen LogP contribution in [0.25, 0.3) is 0 Å². The van der Waals surface area contributed by atoms with Gasteiger partial charge in [-0.3, -0.25) is 20.2 Å². The SMILES string of the molecule is O=[N+]([O-])c1ccc(N[C@H]2[C@H](O[C@H]3[C@H](OCc4ccccc4)[C@@H](OCc4ccccc4)[C@H](OCc4ccccc4)O[C@@H]3COCc3ccccc3)O[C@H](COCc3ccccc3)[C@@H](OCc3ccccc3)[C@@H]2OCc2ccccc2)c([N+](=O)[O-])c1. The minimum atomic E-state index is -1.41. The van der Waals surface area contributed by atoms with Gasteiger partial charge in [-0.05, 0) is 45.0 Å². The predicted molar refractivity (Wildman–Crippen MR) is 313 cm³/mol. The van der Waals surface area contributed by atoms with Gasteiger partial charge in [-0.1, -0.05) is 212 Å². The van der Waals surface area contributed by atoms with Gasteiger partial charge >= 0.3 is 0 Å². The minimum absolute atomic E-state index is 0.0270. The molecular weight excluding hydrogens is 1070 g/mol. The van der Waals surface area contributed by atoms with E-state index in [2.05, 4.69) is 5.32 Å². The van der Waals surface area contributed by atoms with Gasteiger partial charge in [0.15, 0.2) is 12.6 Å². The Morgan fingerprint density at radius 1 is 0.369 bits per heavy atom. The van der Waals surface area contributed by atoms with Gasteiger partial charge in [-0.2, -0.15) is 0 Å². The number of nitrogens with one attached hydrogen (secondary N) is 1. The first-order chi connectivity index (χ1) is 41.3. The van der Waals surface area contributed by atoms with E-state index in [1.807, 2.05) is 212 Å². The van der Waals surface area contributed by atoms with Gasteiger partial charge in [-0.15, -0.1) is 0 Å². The van der Waals surface area contributed by atoms with Crippen molar-refractivity contribution in [3.63, 3.8) is 0 Å². The lowest BCUT2D eigenvalue weighted by molar-refractivity contribution is -0.393. The fraction of sp³-hybridized carbons (Fsp3) is 0.284. The summed E-state index contributed by atoms with van der Waals surface area (Å²) in [6, 6.07) is 70.1. The number of nitro benzene ring substituents is 2. The van der Waals surface area contributed by atoms with Crippen LogP contribution in [0.1, 0.15) is 38.9 Å². The summed E-state index contributed by atoms with van der Waals surface area (Å²) in [4.78, 5) is 23.8. The molecule has 0 amide bonds. The number of nitro groups is 2. The van der Waals surface area contributed by atoms with E-state index >= 15 is 0 Å². The third kappa shape index (κ3) is 16.6. The molecule has 1 N–H and O–H groups in total. The molecule has 2 saturated heterocycles. The number of rotatable bonds is 29. The van der Waals surface area contributed by atoms with E-state index in [1.165, 1.54) is 12.1 Å². The van der Waals surface area contributed by atoms with Crippen molar-refractivity contribution in [3.8, 4) is 0 Å². The molecule has 0 bridgehead atoms. The first-order valence-electron chi connectivity index (χ1n) is 28.0. The molecule has 2 heterocycles. The summed E-state index contributed by atoms with van der Waals surface area (Å²) in [7, 11) is 0. The first-order valence-corrected chi connectivity index (χ1v) is 28.0. The van der Waals surface area contributed by atoms with Crippen LogP contribution in [0.3, 0.4) is 0 Å². The van der Waals surface area contributed by atoms with E-state index in [1.54, 1.807) is 0 Å². The van der Waals surface area contributed by atoms with E-state index in [0.717, 1.165) is 45.0 Å². The fourth-order valence-electron chi connectivity index (χ4n) is 10.2. The molecule has 84 heavy (non-hydrogen) atoms. The molecule has 8 aromatic carbocycles. The summed E-state index contributed by atoms with van der Waals surface area (Å²) in [5.41, 5.74) is 5.07. The van der Waals surface area contributed by atoms with Crippen LogP contribution < -0.4 is 5.32 Å². The number of benzene rings is 8. The van der Waals surface area contributed by atoms with Crippen molar-refractivity contribution < 1.29 is 57.2 Å². The fourth-order valence-corrected chi connectivity index (χ4v) is 10.2. The highest BCUT2D eigenvalue weighted by Gasteiger charge is 2.55. The summed E-state index contributed by atoms with van der Waals surface area (Å²) >= 11 is 0.